The standard InChI is InChI=1S/C14H12ClN3O3/c1-8-9(15)4-2-5-10(8)17-14(21)18-11-6-3-7-16-12(11)13(19)20/h2-7H,1H3,(H,19,20)(H2,17,18,21). The highest BCUT2D eigenvalue weighted by Crippen LogP contribution is 2.23. The van der Waals surface area contributed by atoms with Gasteiger partial charge in [-0.3, -0.25) is 0 Å². The number of halogens is 1. The quantitative estimate of drug-likeness (QED) is 0.810. The zero-order chi connectivity index (χ0) is 15.4. The molecule has 0 saturated heterocycles. The number of amides is 2. The van der Waals surface area contributed by atoms with Crippen molar-refractivity contribution in [3.05, 3.63) is 52.8 Å². The fourth-order valence-electron chi connectivity index (χ4n) is 1.70. The molecule has 0 unspecified atom stereocenters. The van der Waals surface area contributed by atoms with Gasteiger partial charge in [0.1, 0.15) is 0 Å². The van der Waals surface area contributed by atoms with Crippen molar-refractivity contribution in [1.29, 1.82) is 0 Å². The van der Waals surface area contributed by atoms with Crippen LogP contribution in [0.4, 0.5) is 16.2 Å². The van der Waals surface area contributed by atoms with Crippen LogP contribution in [0.25, 0.3) is 0 Å². The third-order valence-electron chi connectivity index (χ3n) is 2.77. The summed E-state index contributed by atoms with van der Waals surface area (Å²) in [6, 6.07) is 7.53. The van der Waals surface area contributed by atoms with Crippen molar-refractivity contribution in [2.45, 2.75) is 6.92 Å². The topological polar surface area (TPSA) is 91.3 Å². The number of carboxylic acid groups (broad SMARTS) is 1. The van der Waals surface area contributed by atoms with E-state index < -0.39 is 12.0 Å². The van der Waals surface area contributed by atoms with Crippen molar-refractivity contribution in [2.75, 3.05) is 10.6 Å². The minimum Gasteiger partial charge on any atom is -0.476 e. The summed E-state index contributed by atoms with van der Waals surface area (Å²) in [5.74, 6) is -1.22. The second-order valence-corrected chi connectivity index (χ2v) is 4.60. The van der Waals surface area contributed by atoms with Crippen LogP contribution in [0.15, 0.2) is 36.5 Å². The molecule has 2 amide bonds. The average molecular weight is 306 g/mol. The Balaban J connectivity index is 2.16. The largest absolute Gasteiger partial charge is 0.476 e. The van der Waals surface area contributed by atoms with Gasteiger partial charge in [-0.05, 0) is 36.8 Å². The molecule has 0 aliphatic carbocycles. The predicted molar refractivity (Wildman–Crippen MR) is 80.0 cm³/mol. The van der Waals surface area contributed by atoms with Gasteiger partial charge in [0.25, 0.3) is 0 Å². The molecule has 1 aromatic heterocycles. The van der Waals surface area contributed by atoms with Gasteiger partial charge in [0.2, 0.25) is 0 Å². The molecule has 0 atom stereocenters. The SMILES string of the molecule is Cc1c(Cl)cccc1NC(=O)Nc1cccnc1C(=O)O. The van der Waals surface area contributed by atoms with E-state index in [2.05, 4.69) is 15.6 Å². The lowest BCUT2D eigenvalue weighted by Crippen LogP contribution is -2.21. The highest BCUT2D eigenvalue weighted by molar-refractivity contribution is 6.31. The number of benzene rings is 1. The van der Waals surface area contributed by atoms with E-state index >= 15 is 0 Å². The molecule has 0 aliphatic rings. The summed E-state index contributed by atoms with van der Waals surface area (Å²) in [6.07, 6.45) is 1.34. The number of carboxylic acids is 1. The number of rotatable bonds is 3. The van der Waals surface area contributed by atoms with Gasteiger partial charge in [-0.15, -0.1) is 0 Å². The zero-order valence-corrected chi connectivity index (χ0v) is 11.8. The summed E-state index contributed by atoms with van der Waals surface area (Å²) in [5.41, 5.74) is 1.15. The molecule has 0 bridgehead atoms. The molecule has 0 spiro atoms. The van der Waals surface area contributed by atoms with Gasteiger partial charge in [-0.25, -0.2) is 14.6 Å². The van der Waals surface area contributed by atoms with Crippen LogP contribution in [-0.4, -0.2) is 22.1 Å². The number of hydrogen-bond donors (Lipinski definition) is 3. The van der Waals surface area contributed by atoms with E-state index in [1.807, 2.05) is 0 Å². The van der Waals surface area contributed by atoms with E-state index in [4.69, 9.17) is 16.7 Å². The molecular weight excluding hydrogens is 294 g/mol. The molecule has 2 rings (SSSR count). The van der Waals surface area contributed by atoms with E-state index in [1.54, 1.807) is 25.1 Å². The van der Waals surface area contributed by atoms with Gasteiger partial charge in [0, 0.05) is 16.9 Å². The van der Waals surface area contributed by atoms with E-state index in [-0.39, 0.29) is 11.4 Å². The Hall–Kier alpha value is -2.60. The molecule has 6 nitrogen and oxygen atoms in total. The molecule has 0 aliphatic heterocycles. The van der Waals surface area contributed by atoms with Crippen LogP contribution < -0.4 is 10.6 Å². The fraction of sp³-hybridized carbons (Fsp3) is 0.0714. The van der Waals surface area contributed by atoms with Crippen LogP contribution in [0.1, 0.15) is 16.1 Å². The molecular formula is C14H12ClN3O3. The van der Waals surface area contributed by atoms with Crippen LogP contribution in [0.5, 0.6) is 0 Å². The Morgan fingerprint density at radius 1 is 1.14 bits per heavy atom. The van der Waals surface area contributed by atoms with Crippen molar-refractivity contribution in [3.8, 4) is 0 Å². The first kappa shape index (κ1) is 14.8. The monoisotopic (exact) mass is 305 g/mol. The highest BCUT2D eigenvalue weighted by atomic mass is 35.5. The number of nitrogens with zero attached hydrogens (tertiary/aromatic N) is 1. The third kappa shape index (κ3) is 3.49. The molecule has 0 radical (unpaired) electrons. The van der Waals surface area contributed by atoms with E-state index in [0.29, 0.717) is 10.7 Å². The van der Waals surface area contributed by atoms with Crippen molar-refractivity contribution in [2.24, 2.45) is 0 Å². The van der Waals surface area contributed by atoms with Crippen LogP contribution in [0, 0.1) is 6.92 Å². The number of carbonyl (C=O) groups excluding carboxylic acids is 1. The molecule has 2 aromatic rings. The number of nitrogens with one attached hydrogen (secondary N) is 2. The van der Waals surface area contributed by atoms with Crippen LogP contribution in [0.3, 0.4) is 0 Å². The molecule has 1 aromatic carbocycles. The van der Waals surface area contributed by atoms with E-state index in [1.165, 1.54) is 18.3 Å². The zero-order valence-electron chi connectivity index (χ0n) is 11.1. The summed E-state index contributed by atoms with van der Waals surface area (Å²) < 4.78 is 0. The van der Waals surface area contributed by atoms with Crippen molar-refractivity contribution in [1.82, 2.24) is 4.98 Å². The highest BCUT2D eigenvalue weighted by Gasteiger charge is 2.14. The minimum absolute atomic E-state index is 0.113. The summed E-state index contributed by atoms with van der Waals surface area (Å²) in [6.45, 7) is 1.77. The first-order chi connectivity index (χ1) is 9.99. The number of aromatic nitrogens is 1. The average Bonchev–Trinajstić information content (AvgIpc) is 2.44. The number of urea groups is 1. The van der Waals surface area contributed by atoms with Crippen molar-refractivity contribution < 1.29 is 14.7 Å². The van der Waals surface area contributed by atoms with Gasteiger partial charge in [0.05, 0.1) is 5.69 Å². The van der Waals surface area contributed by atoms with Gasteiger partial charge < -0.3 is 15.7 Å². The minimum atomic E-state index is -1.22. The number of anilines is 2. The first-order valence-electron chi connectivity index (χ1n) is 6.00. The second-order valence-electron chi connectivity index (χ2n) is 4.20. The van der Waals surface area contributed by atoms with Gasteiger partial charge in [-0.1, -0.05) is 17.7 Å². The van der Waals surface area contributed by atoms with Crippen molar-refractivity contribution in [3.63, 3.8) is 0 Å². The Morgan fingerprint density at radius 3 is 2.52 bits per heavy atom. The Labute approximate surface area is 125 Å². The Kier molecular flexibility index (Phi) is 4.39. The van der Waals surface area contributed by atoms with Gasteiger partial charge in [-0.2, -0.15) is 0 Å². The maximum Gasteiger partial charge on any atom is 0.356 e. The van der Waals surface area contributed by atoms with Gasteiger partial charge >= 0.3 is 12.0 Å². The molecule has 0 fully saturated rings. The number of pyridine rings is 1. The predicted octanol–water partition coefficient (Wildman–Crippen LogP) is 3.39. The lowest BCUT2D eigenvalue weighted by Gasteiger charge is -2.11. The normalized spacial score (nSPS) is 10.0. The molecule has 1 heterocycles. The number of carbonyl (C=O) groups is 2. The second kappa shape index (κ2) is 6.23. The fourth-order valence-corrected chi connectivity index (χ4v) is 1.87. The lowest BCUT2D eigenvalue weighted by molar-refractivity contribution is 0.0692. The molecule has 7 heteroatoms. The van der Waals surface area contributed by atoms with E-state index in [0.717, 1.165) is 5.56 Å². The lowest BCUT2D eigenvalue weighted by atomic mass is 10.2. The Morgan fingerprint density at radius 2 is 1.81 bits per heavy atom. The summed E-state index contributed by atoms with van der Waals surface area (Å²) >= 11 is 5.96. The summed E-state index contributed by atoms with van der Waals surface area (Å²) in [4.78, 5) is 26.6. The van der Waals surface area contributed by atoms with Gasteiger partial charge in [0.15, 0.2) is 5.69 Å². The van der Waals surface area contributed by atoms with Crippen LogP contribution >= 0.6 is 11.6 Å². The molecule has 108 valence electrons. The van der Waals surface area contributed by atoms with Crippen molar-refractivity contribution >= 4 is 35.0 Å². The first-order valence-corrected chi connectivity index (χ1v) is 6.38. The number of hydrogen-bond acceptors (Lipinski definition) is 3. The van der Waals surface area contributed by atoms with Crippen LogP contribution in [-0.2, 0) is 0 Å². The Bertz CT molecular complexity index is 704. The summed E-state index contributed by atoms with van der Waals surface area (Å²) in [7, 11) is 0. The van der Waals surface area contributed by atoms with E-state index in [9.17, 15) is 9.59 Å². The number of aromatic carboxylic acids is 1. The molecule has 21 heavy (non-hydrogen) atoms. The molecule has 0 saturated carbocycles. The van der Waals surface area contributed by atoms with Crippen LogP contribution in [0.2, 0.25) is 5.02 Å². The smallest absolute Gasteiger partial charge is 0.356 e. The maximum absolute atomic E-state index is 11.9. The molecule has 3 N–H and O–H groups in total. The maximum atomic E-state index is 11.9. The summed E-state index contributed by atoms with van der Waals surface area (Å²) in [5, 5.41) is 14.6. The third-order valence-corrected chi connectivity index (χ3v) is 3.18.